The molecule has 3 heteroatoms. The smallest absolute Gasteiger partial charge is 0.138 e. The van der Waals surface area contributed by atoms with Gasteiger partial charge in [-0.05, 0) is 38.8 Å². The summed E-state index contributed by atoms with van der Waals surface area (Å²) in [6.45, 7) is 10.9. The molecule has 0 aromatic carbocycles. The molecule has 0 saturated carbocycles. The molecule has 0 atom stereocenters. The van der Waals surface area contributed by atoms with Crippen molar-refractivity contribution >= 4 is 11.5 Å². The van der Waals surface area contributed by atoms with E-state index in [9.17, 15) is 0 Å². The zero-order chi connectivity index (χ0) is 12.6. The van der Waals surface area contributed by atoms with Gasteiger partial charge in [-0.3, -0.25) is 4.40 Å². The number of fused-ring (bicyclic) bond motifs is 1. The van der Waals surface area contributed by atoms with Gasteiger partial charge >= 0.3 is 0 Å². The monoisotopic (exact) mass is 231 g/mol. The van der Waals surface area contributed by atoms with Crippen molar-refractivity contribution in [3.63, 3.8) is 0 Å². The SMILES string of the molecule is CC(C)c1nc2ccccn2c1NC(C)(C)C. The van der Waals surface area contributed by atoms with Gasteiger partial charge in [-0.1, -0.05) is 19.9 Å². The molecule has 0 unspecified atom stereocenters. The van der Waals surface area contributed by atoms with Gasteiger partial charge < -0.3 is 5.32 Å². The highest BCUT2D eigenvalue weighted by atomic mass is 15.2. The summed E-state index contributed by atoms with van der Waals surface area (Å²) in [5.74, 6) is 1.53. The van der Waals surface area contributed by atoms with Crippen molar-refractivity contribution in [2.45, 2.75) is 46.1 Å². The lowest BCUT2D eigenvalue weighted by Gasteiger charge is -2.23. The molecule has 2 aromatic rings. The third kappa shape index (κ3) is 2.43. The quantitative estimate of drug-likeness (QED) is 0.854. The molecule has 2 rings (SSSR count). The Kier molecular flexibility index (Phi) is 2.86. The first kappa shape index (κ1) is 12.0. The maximum Gasteiger partial charge on any atom is 0.138 e. The molecule has 17 heavy (non-hydrogen) atoms. The summed E-state index contributed by atoms with van der Waals surface area (Å²) in [6, 6.07) is 6.10. The third-order valence-corrected chi connectivity index (χ3v) is 2.60. The Morgan fingerprint density at radius 1 is 1.24 bits per heavy atom. The van der Waals surface area contributed by atoms with Crippen molar-refractivity contribution in [1.82, 2.24) is 9.38 Å². The first-order valence-corrected chi connectivity index (χ1v) is 6.13. The number of anilines is 1. The molecule has 0 bridgehead atoms. The predicted molar refractivity (Wildman–Crippen MR) is 72.7 cm³/mol. The predicted octanol–water partition coefficient (Wildman–Crippen LogP) is 3.67. The minimum atomic E-state index is 0.0371. The summed E-state index contributed by atoms with van der Waals surface area (Å²) < 4.78 is 2.13. The molecule has 2 heterocycles. The summed E-state index contributed by atoms with van der Waals surface area (Å²) >= 11 is 0. The zero-order valence-corrected chi connectivity index (χ0v) is 11.3. The van der Waals surface area contributed by atoms with Gasteiger partial charge in [0.2, 0.25) is 0 Å². The minimum Gasteiger partial charge on any atom is -0.365 e. The van der Waals surface area contributed by atoms with Crippen LogP contribution in [0.1, 0.15) is 46.2 Å². The molecule has 0 radical (unpaired) electrons. The van der Waals surface area contributed by atoms with Crippen LogP contribution in [0.4, 0.5) is 5.82 Å². The van der Waals surface area contributed by atoms with Crippen LogP contribution in [0.25, 0.3) is 5.65 Å². The number of imidazole rings is 1. The van der Waals surface area contributed by atoms with Gasteiger partial charge in [0.05, 0.1) is 5.69 Å². The van der Waals surface area contributed by atoms with Crippen molar-refractivity contribution in [3.8, 4) is 0 Å². The molecular weight excluding hydrogens is 210 g/mol. The van der Waals surface area contributed by atoms with Crippen LogP contribution in [-0.2, 0) is 0 Å². The summed E-state index contributed by atoms with van der Waals surface area (Å²) in [5, 5.41) is 3.55. The maximum absolute atomic E-state index is 4.70. The van der Waals surface area contributed by atoms with E-state index in [1.54, 1.807) is 0 Å². The van der Waals surface area contributed by atoms with Gasteiger partial charge in [-0.15, -0.1) is 0 Å². The Hall–Kier alpha value is -1.51. The van der Waals surface area contributed by atoms with Crippen molar-refractivity contribution in [3.05, 3.63) is 30.1 Å². The van der Waals surface area contributed by atoms with Crippen LogP contribution in [0, 0.1) is 0 Å². The number of nitrogens with zero attached hydrogens (tertiary/aromatic N) is 2. The molecule has 92 valence electrons. The van der Waals surface area contributed by atoms with E-state index in [2.05, 4.69) is 50.5 Å². The largest absolute Gasteiger partial charge is 0.365 e. The molecule has 0 aliphatic rings. The molecule has 0 fully saturated rings. The average molecular weight is 231 g/mol. The van der Waals surface area contributed by atoms with Crippen LogP contribution in [0.15, 0.2) is 24.4 Å². The highest BCUT2D eigenvalue weighted by molar-refractivity contribution is 5.57. The van der Waals surface area contributed by atoms with Gasteiger partial charge in [0.1, 0.15) is 11.5 Å². The zero-order valence-electron chi connectivity index (χ0n) is 11.3. The van der Waals surface area contributed by atoms with E-state index >= 15 is 0 Å². The van der Waals surface area contributed by atoms with Crippen molar-refractivity contribution in [1.29, 1.82) is 0 Å². The summed E-state index contributed by atoms with van der Waals surface area (Å²) in [7, 11) is 0. The Morgan fingerprint density at radius 2 is 1.94 bits per heavy atom. The molecule has 0 aliphatic carbocycles. The van der Waals surface area contributed by atoms with E-state index < -0.39 is 0 Å². The average Bonchev–Trinajstić information content (AvgIpc) is 2.55. The first-order valence-electron chi connectivity index (χ1n) is 6.13. The van der Waals surface area contributed by atoms with Crippen molar-refractivity contribution < 1.29 is 0 Å². The number of aromatic nitrogens is 2. The maximum atomic E-state index is 4.70. The lowest BCUT2D eigenvalue weighted by atomic mass is 10.1. The fourth-order valence-electron chi connectivity index (χ4n) is 1.90. The van der Waals surface area contributed by atoms with Gasteiger partial charge in [-0.25, -0.2) is 4.98 Å². The highest BCUT2D eigenvalue weighted by Gasteiger charge is 2.19. The van der Waals surface area contributed by atoms with Crippen LogP contribution in [-0.4, -0.2) is 14.9 Å². The molecule has 0 spiro atoms. The molecule has 3 nitrogen and oxygen atoms in total. The number of nitrogens with one attached hydrogen (secondary N) is 1. The Labute approximate surface area is 103 Å². The molecule has 0 aliphatic heterocycles. The van der Waals surface area contributed by atoms with Crippen LogP contribution < -0.4 is 5.32 Å². The lowest BCUT2D eigenvalue weighted by Crippen LogP contribution is -2.27. The number of rotatable bonds is 2. The summed E-state index contributed by atoms with van der Waals surface area (Å²) in [5.41, 5.74) is 2.17. The fourth-order valence-corrected chi connectivity index (χ4v) is 1.90. The van der Waals surface area contributed by atoms with Gasteiger partial charge in [0, 0.05) is 11.7 Å². The Bertz CT molecular complexity index is 518. The second-order valence-electron chi connectivity index (χ2n) is 5.80. The van der Waals surface area contributed by atoms with Gasteiger partial charge in [-0.2, -0.15) is 0 Å². The van der Waals surface area contributed by atoms with Crippen molar-refractivity contribution in [2.24, 2.45) is 0 Å². The van der Waals surface area contributed by atoms with E-state index in [1.165, 1.54) is 0 Å². The molecule has 2 aromatic heterocycles. The first-order chi connectivity index (χ1) is 7.88. The summed E-state index contributed by atoms with van der Waals surface area (Å²) in [4.78, 5) is 4.70. The second-order valence-corrected chi connectivity index (χ2v) is 5.80. The number of hydrogen-bond donors (Lipinski definition) is 1. The topological polar surface area (TPSA) is 29.3 Å². The van der Waals surface area contributed by atoms with Crippen LogP contribution >= 0.6 is 0 Å². The van der Waals surface area contributed by atoms with E-state index in [0.717, 1.165) is 17.2 Å². The van der Waals surface area contributed by atoms with Crippen LogP contribution in [0.5, 0.6) is 0 Å². The molecule has 0 saturated heterocycles. The van der Waals surface area contributed by atoms with Gasteiger partial charge in [0.25, 0.3) is 0 Å². The van der Waals surface area contributed by atoms with Crippen LogP contribution in [0.2, 0.25) is 0 Å². The lowest BCUT2D eigenvalue weighted by molar-refractivity contribution is 0.626. The normalized spacial score (nSPS) is 12.4. The van der Waals surface area contributed by atoms with E-state index in [1.807, 2.05) is 18.2 Å². The number of pyridine rings is 1. The number of hydrogen-bond acceptors (Lipinski definition) is 2. The Morgan fingerprint density at radius 3 is 2.53 bits per heavy atom. The van der Waals surface area contributed by atoms with Crippen molar-refractivity contribution in [2.75, 3.05) is 5.32 Å². The highest BCUT2D eigenvalue weighted by Crippen LogP contribution is 2.27. The van der Waals surface area contributed by atoms with E-state index in [4.69, 9.17) is 4.98 Å². The Balaban J connectivity index is 2.60. The summed E-state index contributed by atoms with van der Waals surface area (Å²) in [6.07, 6.45) is 2.06. The standard InChI is InChI=1S/C14H21N3/c1-10(2)12-13(16-14(3,4)5)17-9-7-6-8-11(17)15-12/h6-10,16H,1-5H3. The second kappa shape index (κ2) is 4.06. The van der Waals surface area contributed by atoms with E-state index in [-0.39, 0.29) is 5.54 Å². The minimum absolute atomic E-state index is 0.0371. The van der Waals surface area contributed by atoms with Crippen LogP contribution in [0.3, 0.4) is 0 Å². The van der Waals surface area contributed by atoms with Gasteiger partial charge in [0.15, 0.2) is 0 Å². The van der Waals surface area contributed by atoms with E-state index in [0.29, 0.717) is 5.92 Å². The molecule has 1 N–H and O–H groups in total. The fraction of sp³-hybridized carbons (Fsp3) is 0.500. The molecule has 0 amide bonds. The third-order valence-electron chi connectivity index (χ3n) is 2.60. The molecular formula is C14H21N3.